The molecule has 0 aromatic heterocycles. The van der Waals surface area contributed by atoms with Crippen molar-refractivity contribution < 1.29 is 0 Å². The summed E-state index contributed by atoms with van der Waals surface area (Å²) in [4.78, 5) is 0. The highest BCUT2D eigenvalue weighted by molar-refractivity contribution is 4.99. The van der Waals surface area contributed by atoms with Crippen LogP contribution >= 0.6 is 0 Å². The molecule has 0 saturated heterocycles. The van der Waals surface area contributed by atoms with Gasteiger partial charge in [-0.05, 0) is 80.0 Å². The second kappa shape index (κ2) is 8.41. The molecular formula is C24H44. The number of hydrogen-bond acceptors (Lipinski definition) is 0. The maximum Gasteiger partial charge on any atom is -0.0267 e. The van der Waals surface area contributed by atoms with Crippen molar-refractivity contribution in [1.82, 2.24) is 0 Å². The third-order valence-corrected chi connectivity index (χ3v) is 8.40. The molecule has 3 fully saturated rings. The van der Waals surface area contributed by atoms with Crippen molar-refractivity contribution in [3.05, 3.63) is 12.7 Å². The molecule has 0 heteroatoms. The largest absolute Gasteiger partial charge is 0.103 e. The van der Waals surface area contributed by atoms with Crippen LogP contribution in [0.15, 0.2) is 12.7 Å². The molecule has 0 aromatic carbocycles. The fraction of sp³-hybridized carbons (Fsp3) is 0.917. The smallest absolute Gasteiger partial charge is 0.0267 e. The zero-order chi connectivity index (χ0) is 17.8. The van der Waals surface area contributed by atoms with Gasteiger partial charge in [-0.1, -0.05) is 65.9 Å². The quantitative estimate of drug-likeness (QED) is 0.394. The van der Waals surface area contributed by atoms with Crippen LogP contribution in [0.2, 0.25) is 0 Å². The van der Waals surface area contributed by atoms with Gasteiger partial charge in [0.05, 0.1) is 0 Å². The van der Waals surface area contributed by atoms with Crippen LogP contribution in [0.4, 0.5) is 0 Å². The molecular weight excluding hydrogens is 288 g/mol. The van der Waals surface area contributed by atoms with Crippen LogP contribution in [0, 0.1) is 34.5 Å². The first-order chi connectivity index (χ1) is 11.3. The van der Waals surface area contributed by atoms with Gasteiger partial charge in [0.25, 0.3) is 0 Å². The molecule has 0 N–H and O–H groups in total. The van der Waals surface area contributed by atoms with Gasteiger partial charge in [-0.25, -0.2) is 0 Å². The molecule has 0 spiro atoms. The van der Waals surface area contributed by atoms with Gasteiger partial charge < -0.3 is 0 Å². The fourth-order valence-electron chi connectivity index (χ4n) is 6.31. The Balaban J connectivity index is 0.000000647. The summed E-state index contributed by atoms with van der Waals surface area (Å²) in [5.74, 6) is 4.08. The Morgan fingerprint density at radius 1 is 0.833 bits per heavy atom. The molecule has 24 heavy (non-hydrogen) atoms. The van der Waals surface area contributed by atoms with E-state index in [1.165, 1.54) is 51.4 Å². The third-order valence-electron chi connectivity index (χ3n) is 8.40. The molecule has 0 radical (unpaired) electrons. The Bertz CT molecular complexity index is 393. The Morgan fingerprint density at radius 2 is 1.54 bits per heavy atom. The van der Waals surface area contributed by atoms with Gasteiger partial charge >= 0.3 is 0 Å². The van der Waals surface area contributed by atoms with E-state index < -0.39 is 0 Å². The van der Waals surface area contributed by atoms with Gasteiger partial charge in [-0.15, -0.1) is 6.58 Å². The Labute approximate surface area is 152 Å². The van der Waals surface area contributed by atoms with Crippen molar-refractivity contribution in [3.8, 4) is 0 Å². The Hall–Kier alpha value is -0.260. The van der Waals surface area contributed by atoms with Gasteiger partial charge in [0, 0.05) is 0 Å². The van der Waals surface area contributed by atoms with E-state index in [0.29, 0.717) is 10.8 Å². The summed E-state index contributed by atoms with van der Waals surface area (Å²) in [6, 6.07) is 0. The standard InChI is InChI=1S/C21H38.C3H6/c1-16-8-7-9-17-11-12-18-10-5-6-14-21(18,4)19(17)13-15-20(16,2)3;1-3-2/h16-19H,5-15H2,1-4H3;3H,1H2,2H3. The van der Waals surface area contributed by atoms with Crippen molar-refractivity contribution in [2.24, 2.45) is 34.5 Å². The molecule has 0 heterocycles. The lowest BCUT2D eigenvalue weighted by atomic mass is 9.51. The maximum absolute atomic E-state index is 3.36. The van der Waals surface area contributed by atoms with Crippen LogP contribution in [-0.2, 0) is 0 Å². The van der Waals surface area contributed by atoms with Crippen LogP contribution < -0.4 is 0 Å². The number of allylic oxidation sites excluding steroid dienone is 1. The van der Waals surface area contributed by atoms with Gasteiger partial charge in [0.15, 0.2) is 0 Å². The summed E-state index contributed by atoms with van der Waals surface area (Å²) in [6.45, 7) is 15.5. The molecule has 0 nitrogen and oxygen atoms in total. The van der Waals surface area contributed by atoms with E-state index in [2.05, 4.69) is 34.3 Å². The van der Waals surface area contributed by atoms with Gasteiger partial charge in [-0.3, -0.25) is 0 Å². The topological polar surface area (TPSA) is 0 Å². The highest BCUT2D eigenvalue weighted by atomic mass is 14.5. The van der Waals surface area contributed by atoms with Crippen molar-refractivity contribution in [2.45, 2.75) is 105 Å². The van der Waals surface area contributed by atoms with Crippen molar-refractivity contribution in [3.63, 3.8) is 0 Å². The van der Waals surface area contributed by atoms with Gasteiger partial charge in [0.2, 0.25) is 0 Å². The summed E-state index contributed by atoms with van der Waals surface area (Å²) in [7, 11) is 0. The number of rotatable bonds is 0. The normalized spacial score (nSPS) is 42.0. The Kier molecular flexibility index (Phi) is 7.03. The lowest BCUT2D eigenvalue weighted by Crippen LogP contribution is -2.45. The molecule has 5 unspecified atom stereocenters. The minimum Gasteiger partial charge on any atom is -0.103 e. The van der Waals surface area contributed by atoms with Crippen LogP contribution in [0.1, 0.15) is 105 Å². The summed E-state index contributed by atoms with van der Waals surface area (Å²) in [5, 5.41) is 0. The molecule has 5 atom stereocenters. The molecule has 0 aliphatic heterocycles. The van der Waals surface area contributed by atoms with Crippen LogP contribution in [0.3, 0.4) is 0 Å². The minimum atomic E-state index is 0.562. The molecule has 140 valence electrons. The second-order valence-electron chi connectivity index (χ2n) is 10.2. The average Bonchev–Trinajstić information content (AvgIpc) is 2.58. The van der Waals surface area contributed by atoms with Gasteiger partial charge in [-0.2, -0.15) is 0 Å². The van der Waals surface area contributed by atoms with Crippen molar-refractivity contribution >= 4 is 0 Å². The monoisotopic (exact) mass is 332 g/mol. The van der Waals surface area contributed by atoms with E-state index in [9.17, 15) is 0 Å². The molecule has 0 aromatic rings. The average molecular weight is 333 g/mol. The van der Waals surface area contributed by atoms with E-state index in [1.807, 2.05) is 6.92 Å². The first-order valence-electron chi connectivity index (χ1n) is 10.9. The van der Waals surface area contributed by atoms with E-state index in [1.54, 1.807) is 25.3 Å². The minimum absolute atomic E-state index is 0.562. The van der Waals surface area contributed by atoms with Crippen LogP contribution in [0.25, 0.3) is 0 Å². The number of hydrogen-bond donors (Lipinski definition) is 0. The predicted molar refractivity (Wildman–Crippen MR) is 108 cm³/mol. The lowest BCUT2D eigenvalue weighted by Gasteiger charge is -2.54. The highest BCUT2D eigenvalue weighted by Gasteiger charge is 2.49. The summed E-state index contributed by atoms with van der Waals surface area (Å²) in [5.41, 5.74) is 1.26. The fourth-order valence-corrected chi connectivity index (χ4v) is 6.31. The first kappa shape index (κ1) is 20.1. The highest BCUT2D eigenvalue weighted by Crippen LogP contribution is 2.58. The SMILES string of the molecule is C=CC.CC1CCCC2CCC3CCCCC3(C)C2CCC1(C)C. The Morgan fingerprint density at radius 3 is 2.25 bits per heavy atom. The zero-order valence-electron chi connectivity index (χ0n) is 17.4. The molecule has 0 amide bonds. The van der Waals surface area contributed by atoms with Gasteiger partial charge in [0.1, 0.15) is 0 Å². The molecule has 3 saturated carbocycles. The third kappa shape index (κ3) is 4.28. The second-order valence-corrected chi connectivity index (χ2v) is 10.2. The molecule has 3 aliphatic rings. The molecule has 3 aliphatic carbocycles. The lowest BCUT2D eigenvalue weighted by molar-refractivity contribution is -0.0450. The summed E-state index contributed by atoms with van der Waals surface area (Å²) < 4.78 is 0. The zero-order valence-corrected chi connectivity index (χ0v) is 17.4. The summed E-state index contributed by atoms with van der Waals surface area (Å²) >= 11 is 0. The van der Waals surface area contributed by atoms with Crippen LogP contribution in [-0.4, -0.2) is 0 Å². The van der Waals surface area contributed by atoms with E-state index >= 15 is 0 Å². The van der Waals surface area contributed by atoms with Crippen molar-refractivity contribution in [1.29, 1.82) is 0 Å². The van der Waals surface area contributed by atoms with E-state index in [0.717, 1.165) is 23.7 Å². The van der Waals surface area contributed by atoms with E-state index in [-0.39, 0.29) is 0 Å². The number of fused-ring (bicyclic) bond motifs is 3. The maximum atomic E-state index is 3.36. The molecule has 3 rings (SSSR count). The molecule has 0 bridgehead atoms. The van der Waals surface area contributed by atoms with Crippen LogP contribution in [0.5, 0.6) is 0 Å². The van der Waals surface area contributed by atoms with E-state index in [4.69, 9.17) is 0 Å². The van der Waals surface area contributed by atoms with Crippen molar-refractivity contribution in [2.75, 3.05) is 0 Å². The predicted octanol–water partition coefficient (Wildman–Crippen LogP) is 8.03. The summed E-state index contributed by atoms with van der Waals surface area (Å²) in [6.07, 6.45) is 18.4. The first-order valence-corrected chi connectivity index (χ1v) is 10.9.